The Morgan fingerprint density at radius 3 is 2.55 bits per heavy atom. The van der Waals surface area contributed by atoms with Gasteiger partial charge in [-0.25, -0.2) is 4.39 Å². The third kappa shape index (κ3) is 4.00. The maximum absolute atomic E-state index is 12.9. The van der Waals surface area contributed by atoms with E-state index < -0.39 is 0 Å². The zero-order valence-corrected chi connectivity index (χ0v) is 12.8. The van der Waals surface area contributed by atoms with Crippen LogP contribution in [0.5, 0.6) is 0 Å². The fraction of sp³-hybridized carbons (Fsp3) is 0.688. The Morgan fingerprint density at radius 1 is 1.35 bits per heavy atom. The minimum Gasteiger partial charge on any atom is -0.322 e. The van der Waals surface area contributed by atoms with Gasteiger partial charge in [0.25, 0.3) is 0 Å². The van der Waals surface area contributed by atoms with Gasteiger partial charge >= 0.3 is 0 Å². The Hall–Kier alpha value is -1.00. The van der Waals surface area contributed by atoms with Crippen molar-refractivity contribution in [3.8, 4) is 0 Å². The molecule has 2 N–H and O–H groups in total. The zero-order chi connectivity index (χ0) is 14.8. The molecule has 2 unspecified atom stereocenters. The Balaban J connectivity index is 1.88. The first-order chi connectivity index (χ1) is 9.37. The smallest absolute Gasteiger partial charge is 0.141 e. The summed E-state index contributed by atoms with van der Waals surface area (Å²) in [6, 6.07) is 2.99. The summed E-state index contributed by atoms with van der Waals surface area (Å²) < 4.78 is 12.9. The number of hydrogen-bond donors (Lipinski definition) is 1. The maximum atomic E-state index is 12.9. The van der Waals surface area contributed by atoms with Gasteiger partial charge in [-0.1, -0.05) is 20.8 Å². The number of hydrogen-bond acceptors (Lipinski definition) is 3. The minimum atomic E-state index is -0.313. The van der Waals surface area contributed by atoms with Crippen molar-refractivity contribution in [2.75, 3.05) is 19.6 Å². The molecule has 0 spiro atoms. The number of likely N-dealkylation sites (tertiary alicyclic amines) is 1. The quantitative estimate of drug-likeness (QED) is 0.921. The van der Waals surface area contributed by atoms with Crippen molar-refractivity contribution in [2.24, 2.45) is 17.1 Å². The van der Waals surface area contributed by atoms with E-state index in [1.807, 2.05) is 0 Å². The summed E-state index contributed by atoms with van der Waals surface area (Å²) in [7, 11) is 0. The first-order valence-corrected chi connectivity index (χ1v) is 7.47. The van der Waals surface area contributed by atoms with E-state index >= 15 is 0 Å². The number of nitrogens with zero attached hydrogens (tertiary/aromatic N) is 2. The fourth-order valence-electron chi connectivity index (χ4n) is 2.74. The average molecular weight is 279 g/mol. The molecule has 0 aromatic carbocycles. The van der Waals surface area contributed by atoms with Gasteiger partial charge in [-0.15, -0.1) is 0 Å². The second-order valence-corrected chi connectivity index (χ2v) is 6.87. The number of halogens is 1. The average Bonchev–Trinajstić information content (AvgIpc) is 2.41. The molecule has 4 heteroatoms. The second kappa shape index (κ2) is 6.19. The summed E-state index contributed by atoms with van der Waals surface area (Å²) in [5.41, 5.74) is 7.49. The Kier molecular flexibility index (Phi) is 4.76. The molecular formula is C16H26FN3. The van der Waals surface area contributed by atoms with Crippen LogP contribution in [0.4, 0.5) is 4.39 Å². The molecule has 0 aliphatic carbocycles. The summed E-state index contributed by atoms with van der Waals surface area (Å²) in [5.74, 6) is 0.000962. The van der Waals surface area contributed by atoms with E-state index in [9.17, 15) is 4.39 Å². The van der Waals surface area contributed by atoms with Crippen molar-refractivity contribution >= 4 is 0 Å². The molecule has 112 valence electrons. The van der Waals surface area contributed by atoms with Crippen LogP contribution in [0.2, 0.25) is 0 Å². The highest BCUT2D eigenvalue weighted by atomic mass is 19.1. The SMILES string of the molecule is CC(CN1CCC(C)(C)CC1)C(N)c1ccc(F)cn1. The van der Waals surface area contributed by atoms with Gasteiger partial charge in [-0.3, -0.25) is 4.98 Å². The topological polar surface area (TPSA) is 42.1 Å². The van der Waals surface area contributed by atoms with E-state index in [0.717, 1.165) is 25.3 Å². The summed E-state index contributed by atoms with van der Waals surface area (Å²) in [4.78, 5) is 6.58. The van der Waals surface area contributed by atoms with Crippen LogP contribution in [0.3, 0.4) is 0 Å². The van der Waals surface area contributed by atoms with Crippen LogP contribution >= 0.6 is 0 Å². The molecule has 1 aliphatic heterocycles. The molecule has 1 saturated heterocycles. The van der Waals surface area contributed by atoms with Crippen molar-refractivity contribution in [1.29, 1.82) is 0 Å². The molecule has 0 amide bonds. The van der Waals surface area contributed by atoms with E-state index in [2.05, 4.69) is 30.7 Å². The highest BCUT2D eigenvalue weighted by Gasteiger charge is 2.27. The van der Waals surface area contributed by atoms with Gasteiger partial charge in [0, 0.05) is 6.54 Å². The van der Waals surface area contributed by atoms with Gasteiger partial charge < -0.3 is 10.6 Å². The molecule has 1 aromatic rings. The Bertz CT molecular complexity index is 420. The molecule has 1 aromatic heterocycles. The summed E-state index contributed by atoms with van der Waals surface area (Å²) in [6.07, 6.45) is 3.72. The van der Waals surface area contributed by atoms with Crippen molar-refractivity contribution in [3.05, 3.63) is 29.8 Å². The molecule has 20 heavy (non-hydrogen) atoms. The van der Waals surface area contributed by atoms with E-state index in [1.165, 1.54) is 25.1 Å². The van der Waals surface area contributed by atoms with Crippen LogP contribution in [-0.4, -0.2) is 29.5 Å². The molecule has 1 aliphatic rings. The van der Waals surface area contributed by atoms with Crippen molar-refractivity contribution in [3.63, 3.8) is 0 Å². The molecular weight excluding hydrogens is 253 g/mol. The fourth-order valence-corrected chi connectivity index (χ4v) is 2.74. The predicted molar refractivity (Wildman–Crippen MR) is 79.7 cm³/mol. The molecule has 0 radical (unpaired) electrons. The summed E-state index contributed by atoms with van der Waals surface area (Å²) >= 11 is 0. The van der Waals surface area contributed by atoms with Crippen molar-refractivity contribution in [2.45, 2.75) is 39.7 Å². The van der Waals surface area contributed by atoms with E-state index in [4.69, 9.17) is 5.73 Å². The lowest BCUT2D eigenvalue weighted by Gasteiger charge is -2.38. The number of rotatable bonds is 4. The third-order valence-electron chi connectivity index (χ3n) is 4.46. The van der Waals surface area contributed by atoms with Crippen LogP contribution in [0.25, 0.3) is 0 Å². The van der Waals surface area contributed by atoms with Crippen molar-refractivity contribution < 1.29 is 4.39 Å². The lowest BCUT2D eigenvalue weighted by Crippen LogP contribution is -2.41. The molecule has 0 saturated carbocycles. The monoisotopic (exact) mass is 279 g/mol. The third-order valence-corrected chi connectivity index (χ3v) is 4.46. The lowest BCUT2D eigenvalue weighted by molar-refractivity contribution is 0.114. The molecule has 2 atom stereocenters. The Labute approximate surface area is 121 Å². The number of aromatic nitrogens is 1. The maximum Gasteiger partial charge on any atom is 0.141 e. The van der Waals surface area contributed by atoms with E-state index in [0.29, 0.717) is 11.3 Å². The van der Waals surface area contributed by atoms with E-state index in [-0.39, 0.29) is 11.9 Å². The molecule has 3 nitrogen and oxygen atoms in total. The Morgan fingerprint density at radius 2 is 2.00 bits per heavy atom. The first kappa shape index (κ1) is 15.4. The van der Waals surface area contributed by atoms with Gasteiger partial charge in [-0.05, 0) is 49.4 Å². The molecule has 2 rings (SSSR count). The van der Waals surface area contributed by atoms with Gasteiger partial charge in [0.15, 0.2) is 0 Å². The zero-order valence-electron chi connectivity index (χ0n) is 12.8. The van der Waals surface area contributed by atoms with Gasteiger partial charge in [0.1, 0.15) is 5.82 Å². The lowest BCUT2D eigenvalue weighted by atomic mass is 9.82. The summed E-state index contributed by atoms with van der Waals surface area (Å²) in [5, 5.41) is 0. The molecule has 0 bridgehead atoms. The first-order valence-electron chi connectivity index (χ1n) is 7.47. The molecule has 2 heterocycles. The highest BCUT2D eigenvalue weighted by Crippen LogP contribution is 2.30. The van der Waals surface area contributed by atoms with E-state index in [1.54, 1.807) is 6.07 Å². The van der Waals surface area contributed by atoms with Gasteiger partial charge in [0.2, 0.25) is 0 Å². The van der Waals surface area contributed by atoms with Crippen LogP contribution in [-0.2, 0) is 0 Å². The van der Waals surface area contributed by atoms with Gasteiger partial charge in [0.05, 0.1) is 17.9 Å². The predicted octanol–water partition coefficient (Wildman–Crippen LogP) is 2.98. The van der Waals surface area contributed by atoms with Crippen LogP contribution in [0.1, 0.15) is 45.3 Å². The molecule has 1 fully saturated rings. The van der Waals surface area contributed by atoms with Crippen LogP contribution in [0.15, 0.2) is 18.3 Å². The van der Waals surface area contributed by atoms with Crippen LogP contribution in [0, 0.1) is 17.2 Å². The number of nitrogens with two attached hydrogens (primary N) is 1. The van der Waals surface area contributed by atoms with Gasteiger partial charge in [-0.2, -0.15) is 0 Å². The second-order valence-electron chi connectivity index (χ2n) is 6.87. The minimum absolute atomic E-state index is 0.134. The number of piperidine rings is 1. The number of pyridine rings is 1. The highest BCUT2D eigenvalue weighted by molar-refractivity contribution is 5.10. The van der Waals surface area contributed by atoms with Crippen LogP contribution < -0.4 is 5.73 Å². The largest absolute Gasteiger partial charge is 0.322 e. The van der Waals surface area contributed by atoms with Crippen molar-refractivity contribution in [1.82, 2.24) is 9.88 Å². The standard InChI is InChI=1S/C16H26FN3/c1-12(11-20-8-6-16(2,3)7-9-20)15(18)14-5-4-13(17)10-19-14/h4-5,10,12,15H,6-9,11,18H2,1-3H3. The normalized spacial score (nSPS) is 22.4. The summed E-state index contributed by atoms with van der Waals surface area (Å²) in [6.45, 7) is 10.1.